The smallest absolute Gasteiger partial charge is 0.238 e. The first-order valence-electron chi connectivity index (χ1n) is 5.79. The number of methoxy groups -OCH3 is 1. The maximum absolute atomic E-state index is 5.28. The Labute approximate surface area is 100 Å². The third-order valence-corrected chi connectivity index (χ3v) is 3.99. The van der Waals surface area contributed by atoms with Crippen molar-refractivity contribution in [1.29, 1.82) is 0 Å². The van der Waals surface area contributed by atoms with Crippen molar-refractivity contribution >= 4 is 21.6 Å². The summed E-state index contributed by atoms with van der Waals surface area (Å²) in [6.45, 7) is 5.46. The molecule has 0 saturated heterocycles. The summed E-state index contributed by atoms with van der Waals surface area (Å²) in [5, 5.41) is 1.47. The Balaban J connectivity index is 2.58. The van der Waals surface area contributed by atoms with Gasteiger partial charge in [-0.25, -0.2) is 0 Å². The normalized spacial score (nSPS) is 10.9. The molecule has 2 rings (SSSR count). The van der Waals surface area contributed by atoms with Crippen molar-refractivity contribution in [1.82, 2.24) is 0 Å². The highest BCUT2D eigenvalue weighted by atomic mass is 32.1. The van der Waals surface area contributed by atoms with Gasteiger partial charge in [-0.15, -0.1) is 0 Å². The Morgan fingerprint density at radius 2 is 2.12 bits per heavy atom. The van der Waals surface area contributed by atoms with Gasteiger partial charge in [-0.05, 0) is 25.5 Å². The lowest BCUT2D eigenvalue weighted by Gasteiger charge is -1.97. The van der Waals surface area contributed by atoms with Crippen LogP contribution in [-0.2, 0) is 13.0 Å². The van der Waals surface area contributed by atoms with E-state index in [0.29, 0.717) is 0 Å². The van der Waals surface area contributed by atoms with Gasteiger partial charge in [-0.2, -0.15) is 4.57 Å². The van der Waals surface area contributed by atoms with Crippen LogP contribution in [0.5, 0.6) is 5.75 Å². The summed E-state index contributed by atoms with van der Waals surface area (Å²) >= 11 is 1.90. The number of rotatable bonds is 4. The molecule has 0 fully saturated rings. The van der Waals surface area contributed by atoms with E-state index in [1.165, 1.54) is 21.6 Å². The Hall–Kier alpha value is -1.09. The van der Waals surface area contributed by atoms with Crippen molar-refractivity contribution < 1.29 is 9.30 Å². The van der Waals surface area contributed by atoms with E-state index in [1.807, 2.05) is 17.4 Å². The van der Waals surface area contributed by atoms with Gasteiger partial charge in [-0.3, -0.25) is 0 Å². The van der Waals surface area contributed by atoms with Crippen LogP contribution >= 0.6 is 11.3 Å². The molecule has 2 aromatic rings. The Morgan fingerprint density at radius 3 is 2.75 bits per heavy atom. The van der Waals surface area contributed by atoms with Gasteiger partial charge in [0, 0.05) is 6.42 Å². The van der Waals surface area contributed by atoms with Gasteiger partial charge < -0.3 is 4.74 Å². The molecule has 1 heterocycles. The predicted octanol–water partition coefficient (Wildman–Crippen LogP) is 3.17. The van der Waals surface area contributed by atoms with Crippen LogP contribution in [0.3, 0.4) is 0 Å². The van der Waals surface area contributed by atoms with Crippen molar-refractivity contribution in [2.24, 2.45) is 0 Å². The minimum atomic E-state index is 0.940. The summed E-state index contributed by atoms with van der Waals surface area (Å²) in [4.78, 5) is 0. The standard InChI is InChI=1S/C13H18NOS/c1-4-6-13-14(5-2)11-9-10(15-3)7-8-12(11)16-13/h7-9H,4-6H2,1-3H3/q+1. The molecule has 0 N–H and O–H groups in total. The number of hydrogen-bond acceptors (Lipinski definition) is 2. The number of thiazole rings is 1. The molecule has 3 heteroatoms. The zero-order chi connectivity index (χ0) is 11.5. The highest BCUT2D eigenvalue weighted by Gasteiger charge is 2.18. The lowest BCUT2D eigenvalue weighted by molar-refractivity contribution is -0.670. The average Bonchev–Trinajstić information content (AvgIpc) is 2.65. The highest BCUT2D eigenvalue weighted by Crippen LogP contribution is 2.25. The molecule has 0 aliphatic carbocycles. The summed E-state index contributed by atoms with van der Waals surface area (Å²) in [5.74, 6) is 0.940. The molecule has 0 atom stereocenters. The van der Waals surface area contributed by atoms with Crippen LogP contribution in [0.25, 0.3) is 10.2 Å². The maximum atomic E-state index is 5.28. The van der Waals surface area contributed by atoms with E-state index in [0.717, 1.165) is 18.7 Å². The lowest BCUT2D eigenvalue weighted by Crippen LogP contribution is -2.34. The third-order valence-electron chi connectivity index (χ3n) is 2.77. The molecule has 16 heavy (non-hydrogen) atoms. The summed E-state index contributed by atoms with van der Waals surface area (Å²) in [5.41, 5.74) is 1.30. The quantitative estimate of drug-likeness (QED) is 0.743. The topological polar surface area (TPSA) is 13.1 Å². The van der Waals surface area contributed by atoms with Gasteiger partial charge in [0.1, 0.15) is 17.0 Å². The molecule has 2 nitrogen and oxygen atoms in total. The summed E-state index contributed by atoms with van der Waals surface area (Å²) < 4.78 is 9.03. The molecule has 0 spiro atoms. The monoisotopic (exact) mass is 236 g/mol. The van der Waals surface area contributed by atoms with Crippen LogP contribution in [0.15, 0.2) is 18.2 Å². The van der Waals surface area contributed by atoms with Crippen LogP contribution in [0, 0.1) is 0 Å². The summed E-state index contributed by atoms with van der Waals surface area (Å²) in [6.07, 6.45) is 2.36. The van der Waals surface area contributed by atoms with Crippen LogP contribution in [0.2, 0.25) is 0 Å². The molecule has 0 amide bonds. The van der Waals surface area contributed by atoms with Gasteiger partial charge in [0.25, 0.3) is 0 Å². The summed E-state index contributed by atoms with van der Waals surface area (Å²) in [7, 11) is 1.72. The number of ether oxygens (including phenoxy) is 1. The lowest BCUT2D eigenvalue weighted by atomic mass is 10.3. The number of hydrogen-bond donors (Lipinski definition) is 0. The van der Waals surface area contributed by atoms with Crippen molar-refractivity contribution in [3.63, 3.8) is 0 Å². The second-order valence-corrected chi connectivity index (χ2v) is 4.94. The van der Waals surface area contributed by atoms with Gasteiger partial charge in [0.15, 0.2) is 0 Å². The van der Waals surface area contributed by atoms with Crippen molar-refractivity contribution in [2.75, 3.05) is 7.11 Å². The van der Waals surface area contributed by atoms with Gasteiger partial charge >= 0.3 is 0 Å². The van der Waals surface area contributed by atoms with E-state index in [9.17, 15) is 0 Å². The number of aromatic nitrogens is 1. The molecule has 0 radical (unpaired) electrons. The molecular weight excluding hydrogens is 218 g/mol. The van der Waals surface area contributed by atoms with E-state index in [1.54, 1.807) is 7.11 Å². The van der Waals surface area contributed by atoms with Crippen LogP contribution in [-0.4, -0.2) is 7.11 Å². The fraction of sp³-hybridized carbons (Fsp3) is 0.462. The maximum Gasteiger partial charge on any atom is 0.238 e. The first-order chi connectivity index (χ1) is 7.80. The molecular formula is C13H18NOS+. The first kappa shape index (κ1) is 11.4. The van der Waals surface area contributed by atoms with E-state index in [-0.39, 0.29) is 0 Å². The van der Waals surface area contributed by atoms with Crippen molar-refractivity contribution in [3.05, 3.63) is 23.2 Å². The van der Waals surface area contributed by atoms with Gasteiger partial charge in [0.2, 0.25) is 10.5 Å². The molecule has 0 aliphatic heterocycles. The van der Waals surface area contributed by atoms with Crippen LogP contribution < -0.4 is 9.30 Å². The molecule has 0 unspecified atom stereocenters. The minimum absolute atomic E-state index is 0.940. The molecule has 86 valence electrons. The Morgan fingerprint density at radius 1 is 1.31 bits per heavy atom. The second kappa shape index (κ2) is 4.83. The summed E-state index contributed by atoms with van der Waals surface area (Å²) in [6, 6.07) is 6.33. The fourth-order valence-corrected chi connectivity index (χ4v) is 3.29. The van der Waals surface area contributed by atoms with Crippen LogP contribution in [0.1, 0.15) is 25.3 Å². The number of benzene rings is 1. The number of aryl methyl sites for hydroxylation is 2. The molecule has 0 aliphatic rings. The molecule has 1 aromatic heterocycles. The zero-order valence-electron chi connectivity index (χ0n) is 10.1. The Kier molecular flexibility index (Phi) is 3.44. The molecule has 0 bridgehead atoms. The van der Waals surface area contributed by atoms with Crippen LogP contribution in [0.4, 0.5) is 0 Å². The van der Waals surface area contributed by atoms with E-state index in [4.69, 9.17) is 4.74 Å². The average molecular weight is 236 g/mol. The van der Waals surface area contributed by atoms with Gasteiger partial charge in [0.05, 0.1) is 13.2 Å². The highest BCUT2D eigenvalue weighted by molar-refractivity contribution is 7.18. The van der Waals surface area contributed by atoms with Crippen molar-refractivity contribution in [3.8, 4) is 5.75 Å². The fourth-order valence-electron chi connectivity index (χ4n) is 1.98. The van der Waals surface area contributed by atoms with E-state index < -0.39 is 0 Å². The number of fused-ring (bicyclic) bond motifs is 1. The SMILES string of the molecule is CCCc1sc2ccc(OC)cc2[n+]1CC. The molecule has 1 aromatic carbocycles. The zero-order valence-corrected chi connectivity index (χ0v) is 10.9. The van der Waals surface area contributed by atoms with Crippen molar-refractivity contribution in [2.45, 2.75) is 33.2 Å². The largest absolute Gasteiger partial charge is 0.497 e. The van der Waals surface area contributed by atoms with E-state index in [2.05, 4.69) is 30.5 Å². The first-order valence-corrected chi connectivity index (χ1v) is 6.61. The predicted molar refractivity (Wildman–Crippen MR) is 68.2 cm³/mol. The van der Waals surface area contributed by atoms with E-state index >= 15 is 0 Å². The van der Waals surface area contributed by atoms with Gasteiger partial charge in [-0.1, -0.05) is 18.3 Å². The molecule has 0 saturated carbocycles. The third kappa shape index (κ3) is 1.92. The number of nitrogens with zero attached hydrogens (tertiary/aromatic N) is 1. The minimum Gasteiger partial charge on any atom is -0.497 e. The Bertz CT molecular complexity index is 490. The second-order valence-electron chi connectivity index (χ2n) is 3.82.